The summed E-state index contributed by atoms with van der Waals surface area (Å²) in [5.74, 6) is 0.448. The van der Waals surface area contributed by atoms with Crippen LogP contribution in [0.15, 0.2) is 43.0 Å². The van der Waals surface area contributed by atoms with Gasteiger partial charge >= 0.3 is 0 Å². The lowest BCUT2D eigenvalue weighted by molar-refractivity contribution is 0.612. The predicted octanol–water partition coefficient (Wildman–Crippen LogP) is 4.13. The maximum Gasteiger partial charge on any atom is 0.169 e. The van der Waals surface area contributed by atoms with E-state index in [-0.39, 0.29) is 12.4 Å². The summed E-state index contributed by atoms with van der Waals surface area (Å²) in [6.45, 7) is 2.12. The lowest BCUT2D eigenvalue weighted by Crippen LogP contribution is -2.06. The van der Waals surface area contributed by atoms with E-state index in [9.17, 15) is 4.39 Å². The summed E-state index contributed by atoms with van der Waals surface area (Å²) in [7, 11) is 0. The van der Waals surface area contributed by atoms with Crippen molar-refractivity contribution >= 4 is 28.6 Å². The maximum atomic E-state index is 14.0. The number of anilines is 1. The summed E-state index contributed by atoms with van der Waals surface area (Å²) in [5, 5.41) is 3.56. The molecule has 3 aromatic heterocycles. The van der Waals surface area contributed by atoms with E-state index in [1.807, 2.05) is 6.92 Å². The highest BCUT2D eigenvalue weighted by Crippen LogP contribution is 2.24. The number of pyridine rings is 1. The molecule has 0 aliphatic heterocycles. The minimum Gasteiger partial charge on any atom is -0.364 e. The van der Waals surface area contributed by atoms with Gasteiger partial charge in [0, 0.05) is 30.1 Å². The van der Waals surface area contributed by atoms with Crippen LogP contribution in [0.25, 0.3) is 22.6 Å². The van der Waals surface area contributed by atoms with E-state index in [1.54, 1.807) is 24.4 Å². The average molecular weight is 370 g/mol. The lowest BCUT2D eigenvalue weighted by atomic mass is 10.1. The Kier molecular flexibility index (Phi) is 3.91. The van der Waals surface area contributed by atoms with Crippen molar-refractivity contribution in [3.63, 3.8) is 0 Å². The molecule has 130 valence electrons. The molecule has 8 heteroatoms. The highest BCUT2D eigenvalue weighted by atomic mass is 35.5. The van der Waals surface area contributed by atoms with Crippen molar-refractivity contribution in [1.82, 2.24) is 24.9 Å². The molecule has 0 unspecified atom stereocenters. The first-order valence-corrected chi connectivity index (χ1v) is 8.23. The minimum atomic E-state index is -0.302. The molecule has 0 aliphatic rings. The fourth-order valence-corrected chi connectivity index (χ4v) is 2.77. The molecule has 0 atom stereocenters. The van der Waals surface area contributed by atoms with Gasteiger partial charge in [-0.2, -0.15) is 0 Å². The Morgan fingerprint density at radius 1 is 1.27 bits per heavy atom. The zero-order valence-electron chi connectivity index (χ0n) is 14.7. The number of hydrogen-bond acceptors (Lipinski definition) is 5. The van der Waals surface area contributed by atoms with Crippen molar-refractivity contribution in [2.24, 2.45) is 0 Å². The van der Waals surface area contributed by atoms with Gasteiger partial charge in [-0.15, -0.1) is 0 Å². The van der Waals surface area contributed by atoms with Gasteiger partial charge in [0.15, 0.2) is 18.7 Å². The normalized spacial score (nSPS) is 11.6. The molecule has 1 aromatic carbocycles. The van der Waals surface area contributed by atoms with Crippen LogP contribution in [0.1, 0.15) is 11.1 Å². The number of rotatable bonds is 4. The molecule has 6 nitrogen and oxygen atoms in total. The molecule has 0 fully saturated rings. The van der Waals surface area contributed by atoms with Crippen LogP contribution < -0.4 is 5.32 Å². The Morgan fingerprint density at radius 2 is 2.15 bits per heavy atom. The SMILES string of the molecule is [2H]n1cnc2c(NCc3cc(C)ccc3F)nc(-c3cncc(Cl)c3)nc21. The van der Waals surface area contributed by atoms with E-state index >= 15 is 0 Å². The summed E-state index contributed by atoms with van der Waals surface area (Å²) < 4.78 is 22.0. The zero-order valence-corrected chi connectivity index (χ0v) is 14.5. The van der Waals surface area contributed by atoms with E-state index < -0.39 is 0 Å². The number of benzene rings is 1. The molecule has 26 heavy (non-hydrogen) atoms. The van der Waals surface area contributed by atoms with Crippen LogP contribution in [0.3, 0.4) is 0 Å². The van der Waals surface area contributed by atoms with Gasteiger partial charge in [0.2, 0.25) is 0 Å². The Bertz CT molecular complexity index is 1150. The summed E-state index contributed by atoms with van der Waals surface area (Å²) in [6.07, 6.45) is 4.43. The molecule has 0 spiro atoms. The van der Waals surface area contributed by atoms with Crippen LogP contribution in [0.5, 0.6) is 0 Å². The van der Waals surface area contributed by atoms with Gasteiger partial charge in [0.1, 0.15) is 11.3 Å². The first-order chi connectivity index (χ1) is 13.0. The first-order valence-electron chi connectivity index (χ1n) is 8.30. The highest BCUT2D eigenvalue weighted by molar-refractivity contribution is 6.30. The number of imidazole rings is 1. The van der Waals surface area contributed by atoms with E-state index in [2.05, 4.69) is 25.3 Å². The molecular formula is C18H14ClFN6. The Labute approximate surface area is 155 Å². The number of aromatic amines is 1. The van der Waals surface area contributed by atoms with Crippen molar-refractivity contribution in [2.75, 3.05) is 5.32 Å². The number of fused-ring (bicyclic) bond motifs is 1. The van der Waals surface area contributed by atoms with Crippen molar-refractivity contribution in [1.29, 1.82) is 0 Å². The predicted molar refractivity (Wildman–Crippen MR) is 98.4 cm³/mol. The molecule has 3 heterocycles. The summed E-state index contributed by atoms with van der Waals surface area (Å²) in [4.78, 5) is 18.1. The highest BCUT2D eigenvalue weighted by Gasteiger charge is 2.13. The topological polar surface area (TPSA) is 79.4 Å². The number of hydrogen-bond donors (Lipinski definition) is 2. The third-order valence-electron chi connectivity index (χ3n) is 3.84. The number of H-pyrrole nitrogens is 1. The largest absolute Gasteiger partial charge is 0.364 e. The number of halogens is 2. The van der Waals surface area contributed by atoms with E-state index in [1.165, 1.54) is 18.6 Å². The Hall–Kier alpha value is -3.06. The third kappa shape index (κ3) is 3.21. The van der Waals surface area contributed by atoms with Crippen molar-refractivity contribution < 1.29 is 5.80 Å². The number of nitrogens with zero attached hydrogens (tertiary/aromatic N) is 4. The fourth-order valence-electron chi connectivity index (χ4n) is 2.60. The van der Waals surface area contributed by atoms with Gasteiger partial charge in [0.05, 0.1) is 11.3 Å². The van der Waals surface area contributed by atoms with Gasteiger partial charge in [-0.3, -0.25) is 4.98 Å². The number of aromatic nitrogens is 5. The summed E-state index contributed by atoms with van der Waals surface area (Å²) in [6, 6.07) is 6.60. The molecule has 4 rings (SSSR count). The third-order valence-corrected chi connectivity index (χ3v) is 4.05. The second kappa shape index (κ2) is 6.68. The van der Waals surface area contributed by atoms with E-state index in [4.69, 9.17) is 13.0 Å². The summed E-state index contributed by atoms with van der Waals surface area (Å²) >= 11 is 6.01. The monoisotopic (exact) mass is 369 g/mol. The van der Waals surface area contributed by atoms with E-state index in [0.717, 1.165) is 10.5 Å². The summed E-state index contributed by atoms with van der Waals surface area (Å²) in [5.41, 5.74) is 2.83. The zero-order chi connectivity index (χ0) is 19.0. The number of aryl methyl sites for hydroxylation is 1. The first kappa shape index (κ1) is 15.2. The lowest BCUT2D eigenvalue weighted by Gasteiger charge is -2.10. The molecule has 0 bridgehead atoms. The Balaban J connectivity index is 1.76. The van der Waals surface area contributed by atoms with Gasteiger partial charge in [-0.25, -0.2) is 19.3 Å². The van der Waals surface area contributed by atoms with Crippen LogP contribution in [0.4, 0.5) is 10.2 Å². The van der Waals surface area contributed by atoms with Crippen LogP contribution in [-0.2, 0) is 6.54 Å². The molecular weight excluding hydrogens is 355 g/mol. The van der Waals surface area contributed by atoms with E-state index in [0.29, 0.717) is 39.0 Å². The van der Waals surface area contributed by atoms with Gasteiger partial charge in [-0.1, -0.05) is 29.3 Å². The molecule has 0 aliphatic carbocycles. The molecule has 4 aromatic rings. The van der Waals surface area contributed by atoms with Crippen LogP contribution in [0, 0.1) is 12.7 Å². The van der Waals surface area contributed by atoms with Crippen LogP contribution in [0.2, 0.25) is 6.43 Å². The van der Waals surface area contributed by atoms with Crippen molar-refractivity contribution in [2.45, 2.75) is 13.5 Å². The van der Waals surface area contributed by atoms with Crippen molar-refractivity contribution in [3.8, 4) is 11.4 Å². The average Bonchev–Trinajstić information content (AvgIpc) is 3.03. The molecule has 0 saturated heterocycles. The smallest absolute Gasteiger partial charge is 0.169 e. The molecule has 0 radical (unpaired) electrons. The minimum absolute atomic E-state index is 0.220. The van der Waals surface area contributed by atoms with Crippen molar-refractivity contribution in [3.05, 3.63) is 65.0 Å². The molecule has 0 amide bonds. The van der Waals surface area contributed by atoms with Gasteiger partial charge in [0.25, 0.3) is 0 Å². The molecule has 2 N–H and O–H groups in total. The quantitative estimate of drug-likeness (QED) is 0.565. The van der Waals surface area contributed by atoms with Gasteiger partial charge in [-0.05, 0) is 19.1 Å². The van der Waals surface area contributed by atoms with Crippen LogP contribution in [-0.4, -0.2) is 24.9 Å². The Morgan fingerprint density at radius 3 is 3.00 bits per heavy atom. The van der Waals surface area contributed by atoms with Gasteiger partial charge < -0.3 is 10.3 Å². The second-order valence-electron chi connectivity index (χ2n) is 5.78. The second-order valence-corrected chi connectivity index (χ2v) is 6.22. The number of nitrogens with one attached hydrogen (secondary N) is 2. The molecule has 0 saturated carbocycles. The fraction of sp³-hybridized carbons (Fsp3) is 0.111. The maximum absolute atomic E-state index is 14.0. The van der Waals surface area contributed by atoms with Crippen LogP contribution >= 0.6 is 11.6 Å². The standard InChI is InChI=1S/C18H14ClFN6/c1-10-2-3-14(20)11(4-10)7-22-17-15-18(24-9-23-15)26-16(25-17)12-5-13(19)8-21-6-12/h2-6,8-9H,7H2,1H3,(H2,22,23,24,25,26)/i/hD.